The molecule has 84 valence electrons. The van der Waals surface area contributed by atoms with Gasteiger partial charge in [0.25, 0.3) is 0 Å². The normalized spacial score (nSPS) is 16.6. The Morgan fingerprint density at radius 2 is 1.71 bits per heavy atom. The minimum Gasteiger partial charge on any atom is -0.460 e. The molecule has 0 amide bonds. The van der Waals surface area contributed by atoms with E-state index in [4.69, 9.17) is 4.74 Å². The molecule has 3 nitrogen and oxygen atoms in total. The van der Waals surface area contributed by atoms with E-state index in [-0.39, 0.29) is 18.3 Å². The van der Waals surface area contributed by atoms with Crippen molar-refractivity contribution in [2.45, 2.75) is 59.2 Å². The van der Waals surface area contributed by atoms with Crippen molar-refractivity contribution in [2.24, 2.45) is 5.92 Å². The monoisotopic (exact) mass is 202 g/mol. The van der Waals surface area contributed by atoms with Crippen LogP contribution >= 0.6 is 0 Å². The van der Waals surface area contributed by atoms with E-state index < -0.39 is 11.2 Å². The van der Waals surface area contributed by atoms with Gasteiger partial charge in [-0.05, 0) is 33.6 Å². The van der Waals surface area contributed by atoms with Gasteiger partial charge >= 0.3 is 5.97 Å². The topological polar surface area (TPSA) is 46.5 Å². The minimum atomic E-state index is -0.984. The van der Waals surface area contributed by atoms with Crippen LogP contribution in [-0.4, -0.2) is 22.3 Å². The van der Waals surface area contributed by atoms with E-state index in [2.05, 4.69) is 0 Å². The molecule has 0 fully saturated rings. The molecule has 0 saturated carbocycles. The largest absolute Gasteiger partial charge is 0.460 e. The fourth-order valence-electron chi connectivity index (χ4n) is 0.874. The maximum Gasteiger partial charge on any atom is 0.309 e. The summed E-state index contributed by atoms with van der Waals surface area (Å²) in [6.07, 6.45) is 0.0436. The molecule has 0 aliphatic carbocycles. The summed E-state index contributed by atoms with van der Waals surface area (Å²) in [6.45, 7) is 10.9. The average Bonchev–Trinajstić information content (AvgIpc) is 1.79. The number of hydrogen-bond acceptors (Lipinski definition) is 3. The van der Waals surface area contributed by atoms with Crippen LogP contribution in [0.25, 0.3) is 0 Å². The number of rotatable bonds is 3. The summed E-state index contributed by atoms with van der Waals surface area (Å²) < 4.78 is 5.12. The smallest absolute Gasteiger partial charge is 0.309 e. The van der Waals surface area contributed by atoms with E-state index >= 15 is 0 Å². The predicted octanol–water partition coefficient (Wildman–Crippen LogP) is 2.13. The van der Waals surface area contributed by atoms with Crippen LogP contribution < -0.4 is 0 Å². The van der Waals surface area contributed by atoms with Gasteiger partial charge in [0, 0.05) is 0 Å². The Morgan fingerprint density at radius 3 is 2.00 bits per heavy atom. The van der Waals surface area contributed by atoms with Crippen molar-refractivity contribution < 1.29 is 14.6 Å². The highest BCUT2D eigenvalue weighted by Crippen LogP contribution is 2.22. The molecule has 14 heavy (non-hydrogen) atoms. The van der Waals surface area contributed by atoms with E-state index in [0.29, 0.717) is 0 Å². The molecule has 0 saturated heterocycles. The molecule has 1 unspecified atom stereocenters. The van der Waals surface area contributed by atoms with Crippen LogP contribution in [0.3, 0.4) is 0 Å². The first-order valence-electron chi connectivity index (χ1n) is 4.99. The lowest BCUT2D eigenvalue weighted by Gasteiger charge is -2.28. The maximum atomic E-state index is 11.4. The summed E-state index contributed by atoms with van der Waals surface area (Å²) in [6, 6.07) is 0. The second kappa shape index (κ2) is 4.30. The summed E-state index contributed by atoms with van der Waals surface area (Å²) in [5.41, 5.74) is -1.47. The van der Waals surface area contributed by atoms with Crippen molar-refractivity contribution in [1.29, 1.82) is 0 Å². The van der Waals surface area contributed by atoms with Gasteiger partial charge in [0.2, 0.25) is 0 Å². The summed E-state index contributed by atoms with van der Waals surface area (Å²) in [5.74, 6) is -0.314. The van der Waals surface area contributed by atoms with Crippen molar-refractivity contribution in [3.8, 4) is 0 Å². The van der Waals surface area contributed by atoms with Gasteiger partial charge in [-0.1, -0.05) is 13.8 Å². The number of carbonyl (C=O) groups is 1. The highest BCUT2D eigenvalue weighted by atomic mass is 16.6. The van der Waals surface area contributed by atoms with E-state index in [9.17, 15) is 9.90 Å². The van der Waals surface area contributed by atoms with Crippen LogP contribution in [0.4, 0.5) is 0 Å². The molecule has 0 aliphatic rings. The Bertz CT molecular complexity index is 199. The third kappa shape index (κ3) is 5.22. The lowest BCUT2D eigenvalue weighted by Crippen LogP contribution is -2.36. The Kier molecular flexibility index (Phi) is 4.13. The van der Waals surface area contributed by atoms with Gasteiger partial charge < -0.3 is 9.84 Å². The zero-order valence-electron chi connectivity index (χ0n) is 10.0. The zero-order valence-corrected chi connectivity index (χ0v) is 10.0. The van der Waals surface area contributed by atoms with Crippen LogP contribution in [0.1, 0.15) is 48.0 Å². The highest BCUT2D eigenvalue weighted by molar-refractivity contribution is 5.71. The number of aliphatic hydroxyl groups is 1. The minimum absolute atomic E-state index is 0.0371. The molecule has 3 heteroatoms. The van der Waals surface area contributed by atoms with Gasteiger partial charge in [0.05, 0.1) is 12.0 Å². The van der Waals surface area contributed by atoms with Gasteiger partial charge in [-0.2, -0.15) is 0 Å². The lowest BCUT2D eigenvalue weighted by molar-refractivity contribution is -0.161. The van der Waals surface area contributed by atoms with Crippen LogP contribution in [0, 0.1) is 5.92 Å². The molecule has 0 aromatic heterocycles. The van der Waals surface area contributed by atoms with Crippen LogP contribution in [0.2, 0.25) is 0 Å². The third-order valence-electron chi connectivity index (χ3n) is 2.17. The molecule has 0 spiro atoms. The van der Waals surface area contributed by atoms with Gasteiger partial charge in [-0.3, -0.25) is 4.79 Å². The lowest BCUT2D eigenvalue weighted by atomic mass is 9.89. The second-order valence-electron chi connectivity index (χ2n) is 5.28. The SMILES string of the molecule is CC(C)C(C)(O)CC(=O)OC(C)(C)C. The van der Waals surface area contributed by atoms with Crippen LogP contribution in [0.5, 0.6) is 0 Å². The fraction of sp³-hybridized carbons (Fsp3) is 0.909. The molecule has 0 bridgehead atoms. The highest BCUT2D eigenvalue weighted by Gasteiger charge is 2.30. The molecule has 0 aromatic carbocycles. The Morgan fingerprint density at radius 1 is 1.29 bits per heavy atom. The fourth-order valence-corrected chi connectivity index (χ4v) is 0.874. The number of ether oxygens (including phenoxy) is 1. The van der Waals surface area contributed by atoms with Gasteiger partial charge in [-0.15, -0.1) is 0 Å². The van der Waals surface area contributed by atoms with Crippen LogP contribution in [0.15, 0.2) is 0 Å². The van der Waals surface area contributed by atoms with Crippen LogP contribution in [-0.2, 0) is 9.53 Å². The molecule has 0 radical (unpaired) electrons. The quantitative estimate of drug-likeness (QED) is 0.713. The first kappa shape index (κ1) is 13.4. The van der Waals surface area contributed by atoms with E-state index in [1.165, 1.54) is 0 Å². The predicted molar refractivity (Wildman–Crippen MR) is 55.9 cm³/mol. The van der Waals surface area contributed by atoms with E-state index in [1.807, 2.05) is 34.6 Å². The van der Waals surface area contributed by atoms with Gasteiger partial charge in [0.15, 0.2) is 0 Å². The summed E-state index contributed by atoms with van der Waals surface area (Å²) in [5, 5.41) is 9.86. The van der Waals surface area contributed by atoms with Crippen molar-refractivity contribution in [3.63, 3.8) is 0 Å². The summed E-state index contributed by atoms with van der Waals surface area (Å²) in [7, 11) is 0. The summed E-state index contributed by atoms with van der Waals surface area (Å²) >= 11 is 0. The third-order valence-corrected chi connectivity index (χ3v) is 2.17. The molecule has 1 atom stereocenters. The Labute approximate surface area is 86.5 Å². The number of esters is 1. The Hall–Kier alpha value is -0.570. The number of hydrogen-bond donors (Lipinski definition) is 1. The molecule has 0 aliphatic heterocycles. The molecular formula is C11H22O3. The summed E-state index contributed by atoms with van der Waals surface area (Å²) in [4.78, 5) is 11.4. The molecule has 0 heterocycles. The first-order valence-corrected chi connectivity index (χ1v) is 4.99. The Balaban J connectivity index is 4.20. The standard InChI is InChI=1S/C11H22O3/c1-8(2)11(6,13)7-9(12)14-10(3,4)5/h8,13H,7H2,1-6H3. The first-order chi connectivity index (χ1) is 6.04. The van der Waals surface area contributed by atoms with E-state index in [0.717, 1.165) is 0 Å². The van der Waals surface area contributed by atoms with Crippen molar-refractivity contribution in [3.05, 3.63) is 0 Å². The van der Waals surface area contributed by atoms with Gasteiger partial charge in [0.1, 0.15) is 5.60 Å². The van der Waals surface area contributed by atoms with Gasteiger partial charge in [-0.25, -0.2) is 0 Å². The second-order valence-corrected chi connectivity index (χ2v) is 5.28. The average molecular weight is 202 g/mol. The van der Waals surface area contributed by atoms with Crippen molar-refractivity contribution >= 4 is 5.97 Å². The maximum absolute atomic E-state index is 11.4. The molecule has 0 aromatic rings. The molecular weight excluding hydrogens is 180 g/mol. The zero-order chi connectivity index (χ0) is 11.6. The molecule has 0 rings (SSSR count). The number of carbonyl (C=O) groups excluding carboxylic acids is 1. The van der Waals surface area contributed by atoms with Crippen molar-refractivity contribution in [2.75, 3.05) is 0 Å². The van der Waals surface area contributed by atoms with Crippen molar-refractivity contribution in [1.82, 2.24) is 0 Å². The van der Waals surface area contributed by atoms with E-state index in [1.54, 1.807) is 6.92 Å². The molecule has 1 N–H and O–H groups in total.